The molecule has 1 aliphatic rings. The van der Waals surface area contributed by atoms with Gasteiger partial charge in [-0.05, 0) is 18.4 Å². The normalized spacial score (nSPS) is 15.7. The number of rotatable bonds is 5. The molecule has 1 aromatic rings. The Kier molecular flexibility index (Phi) is 3.68. The third-order valence-electron chi connectivity index (χ3n) is 2.93. The van der Waals surface area contributed by atoms with Gasteiger partial charge in [-0.2, -0.15) is 0 Å². The second-order valence-corrected chi connectivity index (χ2v) is 7.04. The van der Waals surface area contributed by atoms with Gasteiger partial charge in [0.05, 0.1) is 6.61 Å². The van der Waals surface area contributed by atoms with Crippen LogP contribution in [0.2, 0.25) is 0 Å². The van der Waals surface area contributed by atoms with Crippen molar-refractivity contribution < 1.29 is 17.9 Å². The molecule has 7 heteroatoms. The average Bonchev–Trinajstić information content (AvgIpc) is 2.98. The predicted molar refractivity (Wildman–Crippen MR) is 66.1 cm³/mol. The smallest absolute Gasteiger partial charge is 0.354 e. The molecule has 0 saturated heterocycles. The molecule has 5 nitrogen and oxygen atoms in total. The van der Waals surface area contributed by atoms with E-state index in [4.69, 9.17) is 15.4 Å². The second-order valence-electron chi connectivity index (χ2n) is 4.48. The molecule has 100 valence electrons. The second kappa shape index (κ2) is 4.93. The van der Waals surface area contributed by atoms with Crippen LogP contribution >= 0.6 is 10.7 Å². The Morgan fingerprint density at radius 1 is 1.56 bits per heavy atom. The van der Waals surface area contributed by atoms with Crippen LogP contribution in [0.15, 0.2) is 17.2 Å². The Bertz CT molecular complexity index is 560. The van der Waals surface area contributed by atoms with Gasteiger partial charge in [0, 0.05) is 23.9 Å². The number of hydrogen-bond donors (Lipinski definition) is 0. The van der Waals surface area contributed by atoms with E-state index in [0.717, 1.165) is 6.42 Å². The van der Waals surface area contributed by atoms with Crippen LogP contribution in [0, 0.1) is 5.92 Å². The summed E-state index contributed by atoms with van der Waals surface area (Å²) in [6, 6.07) is 1.22. The number of ether oxygens (including phenoxy) is 1. The SMILES string of the molecule is Cn1cc(S(=O)(=O)Cl)cc1C(=O)OCCC1CC1. The van der Waals surface area contributed by atoms with E-state index in [1.807, 2.05) is 0 Å². The van der Waals surface area contributed by atoms with E-state index >= 15 is 0 Å². The average molecular weight is 292 g/mol. The van der Waals surface area contributed by atoms with Gasteiger partial charge < -0.3 is 9.30 Å². The lowest BCUT2D eigenvalue weighted by atomic mass is 10.3. The van der Waals surface area contributed by atoms with Crippen LogP contribution in [0.5, 0.6) is 0 Å². The van der Waals surface area contributed by atoms with Crippen molar-refractivity contribution in [3.63, 3.8) is 0 Å². The van der Waals surface area contributed by atoms with Crippen LogP contribution in [-0.4, -0.2) is 25.6 Å². The van der Waals surface area contributed by atoms with Crippen LogP contribution in [-0.2, 0) is 20.8 Å². The molecule has 1 heterocycles. The highest BCUT2D eigenvalue weighted by molar-refractivity contribution is 8.13. The maximum atomic E-state index is 11.7. The maximum Gasteiger partial charge on any atom is 0.354 e. The van der Waals surface area contributed by atoms with E-state index in [-0.39, 0.29) is 10.6 Å². The minimum Gasteiger partial charge on any atom is -0.461 e. The van der Waals surface area contributed by atoms with Crippen molar-refractivity contribution >= 4 is 25.7 Å². The molecule has 0 aromatic carbocycles. The lowest BCUT2D eigenvalue weighted by Gasteiger charge is -2.04. The van der Waals surface area contributed by atoms with Gasteiger partial charge >= 0.3 is 5.97 Å². The van der Waals surface area contributed by atoms with E-state index in [1.165, 1.54) is 29.7 Å². The molecule has 1 fully saturated rings. The summed E-state index contributed by atoms with van der Waals surface area (Å²) in [7, 11) is 2.96. The summed E-state index contributed by atoms with van der Waals surface area (Å²) in [4.78, 5) is 11.6. The zero-order valence-electron chi connectivity index (χ0n) is 9.93. The van der Waals surface area contributed by atoms with Gasteiger partial charge in [-0.3, -0.25) is 0 Å². The summed E-state index contributed by atoms with van der Waals surface area (Å²) < 4.78 is 28.8. The monoisotopic (exact) mass is 291 g/mol. The van der Waals surface area contributed by atoms with Gasteiger partial charge in [-0.25, -0.2) is 13.2 Å². The minimum absolute atomic E-state index is 0.0965. The van der Waals surface area contributed by atoms with Gasteiger partial charge in [-0.15, -0.1) is 0 Å². The molecular weight excluding hydrogens is 278 g/mol. The lowest BCUT2D eigenvalue weighted by Crippen LogP contribution is -2.10. The Labute approximate surface area is 110 Å². The first-order chi connectivity index (χ1) is 8.38. The molecule has 2 rings (SSSR count). The molecule has 0 unspecified atom stereocenters. The van der Waals surface area contributed by atoms with Crippen LogP contribution in [0.3, 0.4) is 0 Å². The van der Waals surface area contributed by atoms with Crippen molar-refractivity contribution in [3.05, 3.63) is 18.0 Å². The summed E-state index contributed by atoms with van der Waals surface area (Å²) in [6.07, 6.45) is 4.57. The molecule has 0 aliphatic heterocycles. The summed E-state index contributed by atoms with van der Waals surface area (Å²) in [6.45, 7) is 0.373. The van der Waals surface area contributed by atoms with Crippen LogP contribution in [0.1, 0.15) is 29.8 Å². The van der Waals surface area contributed by atoms with Gasteiger partial charge in [0.1, 0.15) is 10.6 Å². The van der Waals surface area contributed by atoms with E-state index in [2.05, 4.69) is 0 Å². The number of esters is 1. The fourth-order valence-corrected chi connectivity index (χ4v) is 2.46. The van der Waals surface area contributed by atoms with E-state index in [0.29, 0.717) is 12.5 Å². The quantitative estimate of drug-likeness (QED) is 0.614. The van der Waals surface area contributed by atoms with Crippen LogP contribution < -0.4 is 0 Å². The zero-order chi connectivity index (χ0) is 13.3. The van der Waals surface area contributed by atoms with E-state index in [1.54, 1.807) is 7.05 Å². The lowest BCUT2D eigenvalue weighted by molar-refractivity contribution is 0.0484. The number of nitrogens with zero attached hydrogens (tertiary/aromatic N) is 1. The maximum absolute atomic E-state index is 11.7. The molecule has 0 atom stereocenters. The molecule has 0 spiro atoms. The molecule has 1 aliphatic carbocycles. The van der Waals surface area contributed by atoms with E-state index < -0.39 is 15.0 Å². The summed E-state index contributed by atoms with van der Waals surface area (Å²) in [5, 5.41) is 0. The largest absolute Gasteiger partial charge is 0.461 e. The third-order valence-corrected chi connectivity index (χ3v) is 4.25. The fourth-order valence-electron chi connectivity index (χ4n) is 1.67. The molecule has 0 N–H and O–H groups in total. The highest BCUT2D eigenvalue weighted by atomic mass is 35.7. The molecule has 0 radical (unpaired) electrons. The third kappa shape index (κ3) is 3.26. The Morgan fingerprint density at radius 3 is 2.72 bits per heavy atom. The zero-order valence-corrected chi connectivity index (χ0v) is 11.5. The van der Waals surface area contributed by atoms with Gasteiger partial charge in [0.15, 0.2) is 0 Å². The van der Waals surface area contributed by atoms with Crippen molar-refractivity contribution in [2.45, 2.75) is 24.2 Å². The predicted octanol–water partition coefficient (Wildman–Crippen LogP) is 1.91. The number of aromatic nitrogens is 1. The van der Waals surface area contributed by atoms with Crippen LogP contribution in [0.25, 0.3) is 0 Å². The Hall–Kier alpha value is -1.01. The number of carbonyl (C=O) groups is 1. The van der Waals surface area contributed by atoms with Crippen molar-refractivity contribution in [3.8, 4) is 0 Å². The first-order valence-corrected chi connectivity index (χ1v) is 7.97. The van der Waals surface area contributed by atoms with Crippen molar-refractivity contribution in [2.75, 3.05) is 6.61 Å². The number of carbonyl (C=O) groups excluding carboxylic acids is 1. The van der Waals surface area contributed by atoms with Crippen molar-refractivity contribution in [1.82, 2.24) is 4.57 Å². The number of hydrogen-bond acceptors (Lipinski definition) is 4. The van der Waals surface area contributed by atoms with E-state index in [9.17, 15) is 13.2 Å². The first-order valence-electron chi connectivity index (χ1n) is 5.66. The highest BCUT2D eigenvalue weighted by Crippen LogP contribution is 2.32. The molecule has 18 heavy (non-hydrogen) atoms. The molecule has 1 saturated carbocycles. The standard InChI is InChI=1S/C11H14ClNO4S/c1-13-7-9(18(12,15)16)6-10(13)11(14)17-5-4-8-2-3-8/h6-8H,2-5H2,1H3. The highest BCUT2D eigenvalue weighted by Gasteiger charge is 2.23. The van der Waals surface area contributed by atoms with Crippen molar-refractivity contribution in [2.24, 2.45) is 13.0 Å². The fraction of sp³-hybridized carbons (Fsp3) is 0.545. The summed E-state index contributed by atoms with van der Waals surface area (Å²) >= 11 is 0. The molecule has 1 aromatic heterocycles. The molecule has 0 bridgehead atoms. The van der Waals surface area contributed by atoms with Crippen LogP contribution in [0.4, 0.5) is 0 Å². The summed E-state index contributed by atoms with van der Waals surface area (Å²) in [5.41, 5.74) is 0.185. The number of aryl methyl sites for hydroxylation is 1. The minimum atomic E-state index is -3.82. The van der Waals surface area contributed by atoms with Gasteiger partial charge in [0.25, 0.3) is 9.05 Å². The van der Waals surface area contributed by atoms with Gasteiger partial charge in [-0.1, -0.05) is 12.8 Å². The number of halogens is 1. The summed E-state index contributed by atoms with van der Waals surface area (Å²) in [5.74, 6) is 0.162. The first kappa shape index (κ1) is 13.4. The van der Waals surface area contributed by atoms with Gasteiger partial charge in [0.2, 0.25) is 0 Å². The Morgan fingerprint density at radius 2 is 2.22 bits per heavy atom. The molecule has 0 amide bonds. The molecular formula is C11H14ClNO4S. The topological polar surface area (TPSA) is 65.4 Å². The Balaban J connectivity index is 2.02. The van der Waals surface area contributed by atoms with Crippen molar-refractivity contribution in [1.29, 1.82) is 0 Å².